The molecule has 7 heavy (non-hydrogen) atoms. The van der Waals surface area contributed by atoms with E-state index in [4.69, 9.17) is 0 Å². The van der Waals surface area contributed by atoms with E-state index in [0.717, 1.165) is 0 Å². The molecule has 0 fully saturated rings. The second kappa shape index (κ2) is 38.9. The first-order valence-corrected chi connectivity index (χ1v) is 2.49. The third-order valence-electron chi connectivity index (χ3n) is 0.500. The van der Waals surface area contributed by atoms with Crippen LogP contribution in [0.4, 0.5) is 0 Å². The molecule has 0 aliphatic carbocycles. The van der Waals surface area contributed by atoms with E-state index in [-0.39, 0.29) is 5.48 Å². The highest BCUT2D eigenvalue weighted by molar-refractivity contribution is 4.12. The van der Waals surface area contributed by atoms with Gasteiger partial charge in [-0.2, -0.15) is 0 Å². The van der Waals surface area contributed by atoms with Crippen molar-refractivity contribution in [1.29, 1.82) is 0 Å². The minimum absolute atomic E-state index is 0. The Labute approximate surface area is 46.0 Å². The molecule has 0 saturated carbocycles. The summed E-state index contributed by atoms with van der Waals surface area (Å²) in [6.45, 7) is 4.36. The molecule has 0 rings (SSSR count). The summed E-state index contributed by atoms with van der Waals surface area (Å²) in [6, 6.07) is 0. The summed E-state index contributed by atoms with van der Waals surface area (Å²) >= 11 is 0. The number of rotatable bonds is 1. The smallest absolute Gasteiger partial charge is 0.0195 e. The summed E-state index contributed by atoms with van der Waals surface area (Å²) in [5, 5.41) is 0. The molecule has 48 valence electrons. The van der Waals surface area contributed by atoms with E-state index in [1.54, 1.807) is 0 Å². The molecule has 2 nitrogen and oxygen atoms in total. The summed E-state index contributed by atoms with van der Waals surface area (Å²) in [6.07, 6.45) is 2.64. The van der Waals surface area contributed by atoms with Crippen LogP contribution in [0.5, 0.6) is 0 Å². The highest BCUT2D eigenvalue weighted by atomic mass is 16.0. The summed E-state index contributed by atoms with van der Waals surface area (Å²) in [7, 11) is 1.50. The second-order valence-corrected chi connectivity index (χ2v) is 1.000. The predicted molar refractivity (Wildman–Crippen MR) is 34.3 cm³/mol. The molecule has 0 bridgehead atoms. The molecule has 2 heteroatoms. The molecule has 0 saturated heterocycles. The van der Waals surface area contributed by atoms with Crippen LogP contribution in [0.15, 0.2) is 0 Å². The first-order chi connectivity index (χ1) is 2.91. The molecule has 0 heterocycles. The molecule has 0 atom stereocenters. The average molecular weight is 107 g/mol. The summed E-state index contributed by atoms with van der Waals surface area (Å²) in [5.41, 5.74) is 4.50. The summed E-state index contributed by atoms with van der Waals surface area (Å²) < 4.78 is 0. The van der Waals surface area contributed by atoms with E-state index in [1.807, 2.05) is 0 Å². The van der Waals surface area contributed by atoms with Crippen LogP contribution in [0, 0.1) is 0 Å². The first-order valence-electron chi connectivity index (χ1n) is 2.49. The Morgan fingerprint density at radius 2 is 1.14 bits per heavy atom. The fourth-order valence-corrected chi connectivity index (χ4v) is 0. The van der Waals surface area contributed by atoms with E-state index >= 15 is 0 Å². The molecule has 0 aliphatic heterocycles. The highest BCUT2D eigenvalue weighted by Crippen LogP contribution is 1.76. The molecule has 0 spiro atoms. The van der Waals surface area contributed by atoms with Crippen LogP contribution in [0.2, 0.25) is 0 Å². The van der Waals surface area contributed by atoms with Crippen molar-refractivity contribution in [3.8, 4) is 0 Å². The van der Waals surface area contributed by atoms with Gasteiger partial charge in [0.25, 0.3) is 0 Å². The van der Waals surface area contributed by atoms with Gasteiger partial charge in [-0.25, -0.2) is 0 Å². The van der Waals surface area contributed by atoms with Gasteiger partial charge in [0.1, 0.15) is 0 Å². The van der Waals surface area contributed by atoms with Gasteiger partial charge in [-0.05, 0) is 7.05 Å². The molecule has 0 aromatic carbocycles. The van der Waals surface area contributed by atoms with Crippen LogP contribution in [0.1, 0.15) is 26.7 Å². The van der Waals surface area contributed by atoms with Gasteiger partial charge < -0.3 is 11.2 Å². The molecule has 0 aromatic heterocycles. The number of hydrogen-bond donors (Lipinski definition) is 1. The Bertz CT molecular complexity index is 10.0. The Morgan fingerprint density at radius 3 is 1.14 bits per heavy atom. The van der Waals surface area contributed by atoms with Crippen LogP contribution >= 0.6 is 0 Å². The largest absolute Gasteiger partial charge is 0.412 e. The Kier molecular flexibility index (Phi) is 87.6. The molecular formula is C5H17NO. The predicted octanol–water partition coefficient (Wildman–Crippen LogP) is 0.557. The van der Waals surface area contributed by atoms with Gasteiger partial charge in [0.15, 0.2) is 0 Å². The van der Waals surface area contributed by atoms with E-state index in [1.165, 1.54) is 19.9 Å². The SMILES string of the molecule is CCCC.CN.O. The van der Waals surface area contributed by atoms with Crippen LogP contribution in [0.3, 0.4) is 0 Å². The zero-order valence-electron chi connectivity index (χ0n) is 5.49. The fraction of sp³-hybridized carbons (Fsp3) is 1.00. The van der Waals surface area contributed by atoms with Gasteiger partial charge in [0.2, 0.25) is 0 Å². The zero-order valence-corrected chi connectivity index (χ0v) is 5.49. The van der Waals surface area contributed by atoms with E-state index in [9.17, 15) is 0 Å². The van der Waals surface area contributed by atoms with Crippen LogP contribution in [-0.4, -0.2) is 12.5 Å². The normalized spacial score (nSPS) is 5.14. The van der Waals surface area contributed by atoms with E-state index in [0.29, 0.717) is 0 Å². The summed E-state index contributed by atoms with van der Waals surface area (Å²) in [5.74, 6) is 0. The van der Waals surface area contributed by atoms with Gasteiger partial charge in [-0.1, -0.05) is 26.7 Å². The van der Waals surface area contributed by atoms with Crippen molar-refractivity contribution >= 4 is 0 Å². The van der Waals surface area contributed by atoms with Gasteiger partial charge in [-0.3, -0.25) is 0 Å². The van der Waals surface area contributed by atoms with Crippen LogP contribution in [0.25, 0.3) is 0 Å². The number of unbranched alkanes of at least 4 members (excludes halogenated alkanes) is 1. The third-order valence-corrected chi connectivity index (χ3v) is 0.500. The molecule has 0 radical (unpaired) electrons. The minimum atomic E-state index is 0. The molecule has 0 aromatic rings. The molecule has 0 amide bonds. The number of hydrogen-bond acceptors (Lipinski definition) is 1. The van der Waals surface area contributed by atoms with Gasteiger partial charge in [0.05, 0.1) is 0 Å². The standard InChI is InChI=1S/C4H10.CH5N.H2O/c1-3-4-2;1-2;/h3-4H2,1-2H3;2H2,1H3;1H2. The molecular weight excluding hydrogens is 90.1 g/mol. The topological polar surface area (TPSA) is 57.5 Å². The van der Waals surface area contributed by atoms with Crippen molar-refractivity contribution in [3.05, 3.63) is 0 Å². The van der Waals surface area contributed by atoms with Crippen molar-refractivity contribution in [1.82, 2.24) is 0 Å². The molecule has 0 aliphatic rings. The zero-order chi connectivity index (χ0) is 5.41. The Hall–Kier alpha value is -0.0800. The average Bonchev–Trinajstić information content (AvgIpc) is 1.72. The molecule has 4 N–H and O–H groups in total. The lowest BCUT2D eigenvalue weighted by atomic mass is 10.4. The van der Waals surface area contributed by atoms with Crippen LogP contribution in [-0.2, 0) is 0 Å². The lowest BCUT2D eigenvalue weighted by Crippen LogP contribution is -1.69. The Morgan fingerprint density at radius 1 is 1.00 bits per heavy atom. The van der Waals surface area contributed by atoms with E-state index in [2.05, 4.69) is 19.6 Å². The quantitative estimate of drug-likeness (QED) is 0.523. The van der Waals surface area contributed by atoms with Gasteiger partial charge in [0, 0.05) is 0 Å². The number of nitrogens with two attached hydrogens (primary N) is 1. The van der Waals surface area contributed by atoms with Crippen molar-refractivity contribution in [2.24, 2.45) is 5.73 Å². The maximum absolute atomic E-state index is 4.50. The first kappa shape index (κ1) is 15.8. The Balaban J connectivity index is -0.0000000480. The van der Waals surface area contributed by atoms with Crippen LogP contribution < -0.4 is 5.73 Å². The maximum Gasteiger partial charge on any atom is -0.0195 e. The van der Waals surface area contributed by atoms with E-state index < -0.39 is 0 Å². The van der Waals surface area contributed by atoms with Crippen molar-refractivity contribution < 1.29 is 5.48 Å². The second-order valence-electron chi connectivity index (χ2n) is 1.000. The molecule has 0 unspecified atom stereocenters. The highest BCUT2D eigenvalue weighted by Gasteiger charge is 1.56. The van der Waals surface area contributed by atoms with Crippen molar-refractivity contribution in [2.45, 2.75) is 26.7 Å². The lowest BCUT2D eigenvalue weighted by molar-refractivity contribution is 0.824. The summed E-state index contributed by atoms with van der Waals surface area (Å²) in [4.78, 5) is 0. The maximum atomic E-state index is 4.50. The van der Waals surface area contributed by atoms with Gasteiger partial charge in [-0.15, -0.1) is 0 Å². The van der Waals surface area contributed by atoms with Gasteiger partial charge >= 0.3 is 0 Å². The lowest BCUT2D eigenvalue weighted by Gasteiger charge is -1.68. The monoisotopic (exact) mass is 107 g/mol. The third kappa shape index (κ3) is 107. The van der Waals surface area contributed by atoms with Crippen molar-refractivity contribution in [2.75, 3.05) is 7.05 Å². The van der Waals surface area contributed by atoms with Crippen molar-refractivity contribution in [3.63, 3.8) is 0 Å². The fourth-order valence-electron chi connectivity index (χ4n) is 0. The minimum Gasteiger partial charge on any atom is -0.412 e.